The average molecular weight is 326 g/mol. The summed E-state index contributed by atoms with van der Waals surface area (Å²) in [5.74, 6) is -0.0189. The Labute approximate surface area is 101 Å². The van der Waals surface area contributed by atoms with Gasteiger partial charge in [-0.2, -0.15) is 0 Å². The fourth-order valence-electron chi connectivity index (χ4n) is 1.90. The highest BCUT2D eigenvalue weighted by atomic mass is 79.9. The van der Waals surface area contributed by atoms with Crippen LogP contribution in [-0.4, -0.2) is 21.2 Å². The van der Waals surface area contributed by atoms with E-state index in [0.29, 0.717) is 5.92 Å². The van der Waals surface area contributed by atoms with Gasteiger partial charge >= 0.3 is 0 Å². The summed E-state index contributed by atoms with van der Waals surface area (Å²) in [6, 6.07) is 0. The fourth-order valence-corrected chi connectivity index (χ4v) is 3.12. The van der Waals surface area contributed by atoms with Gasteiger partial charge in [0.05, 0.1) is 9.34 Å². The van der Waals surface area contributed by atoms with Gasteiger partial charge in [-0.3, -0.25) is 0 Å². The molecule has 1 heterocycles. The Balaban J connectivity index is 2.09. The molecule has 80 valence electrons. The van der Waals surface area contributed by atoms with Crippen LogP contribution in [0.4, 0.5) is 0 Å². The summed E-state index contributed by atoms with van der Waals surface area (Å²) < 4.78 is 11.6. The van der Waals surface area contributed by atoms with E-state index in [-0.39, 0.29) is 15.4 Å². The number of hydrogen-bond donors (Lipinski definition) is 0. The molecule has 14 heavy (non-hydrogen) atoms. The van der Waals surface area contributed by atoms with E-state index in [1.54, 1.807) is 0 Å². The first kappa shape index (κ1) is 11.1. The Hall–Kier alpha value is 0.620. The topological polar surface area (TPSA) is 18.5 Å². The van der Waals surface area contributed by atoms with Crippen LogP contribution in [-0.2, 0) is 9.47 Å². The Morgan fingerprint density at radius 1 is 1.36 bits per heavy atom. The molecule has 2 fully saturated rings. The van der Waals surface area contributed by atoms with Gasteiger partial charge in [0.25, 0.3) is 0 Å². The molecule has 1 aliphatic carbocycles. The van der Waals surface area contributed by atoms with Crippen LogP contribution in [0.1, 0.15) is 20.3 Å². The van der Waals surface area contributed by atoms with Gasteiger partial charge in [0.2, 0.25) is 0 Å². The van der Waals surface area contributed by atoms with Crippen molar-refractivity contribution < 1.29 is 9.47 Å². The van der Waals surface area contributed by atoms with Gasteiger partial charge in [-0.25, -0.2) is 0 Å². The second-order valence-corrected chi connectivity index (χ2v) is 8.27. The minimum Gasteiger partial charge on any atom is -0.344 e. The quantitative estimate of drug-likeness (QED) is 0.573. The van der Waals surface area contributed by atoms with Crippen molar-refractivity contribution in [1.29, 1.82) is 0 Å². The van der Waals surface area contributed by atoms with Crippen LogP contribution in [0.2, 0.25) is 0 Å². The minimum atomic E-state index is -0.484. The van der Waals surface area contributed by atoms with E-state index in [2.05, 4.69) is 38.4 Å². The average Bonchev–Trinajstić information content (AvgIpc) is 2.53. The summed E-state index contributed by atoms with van der Waals surface area (Å²) in [5.41, 5.74) is 0. The van der Waals surface area contributed by atoms with Gasteiger partial charge < -0.3 is 9.47 Å². The highest BCUT2D eigenvalue weighted by molar-refractivity contribution is 9.25. The van der Waals surface area contributed by atoms with Crippen molar-refractivity contribution in [1.82, 2.24) is 0 Å². The first-order valence-electron chi connectivity index (χ1n) is 4.72. The molecule has 0 aromatic heterocycles. The molecule has 2 aliphatic rings. The molecule has 2 nitrogen and oxygen atoms in total. The van der Waals surface area contributed by atoms with Crippen molar-refractivity contribution in [2.75, 3.05) is 0 Å². The Bertz CT molecular complexity index is 263. The molecule has 2 rings (SSSR count). The molecular weight excluding hydrogens is 312 g/mol. The molecule has 0 radical (unpaired) electrons. The molecule has 3 atom stereocenters. The molecule has 1 saturated heterocycles. The molecular formula is C10H14Br2O2. The van der Waals surface area contributed by atoms with E-state index >= 15 is 0 Å². The highest BCUT2D eigenvalue weighted by Crippen LogP contribution is 2.60. The lowest BCUT2D eigenvalue weighted by Crippen LogP contribution is -2.25. The first-order chi connectivity index (χ1) is 6.36. The summed E-state index contributed by atoms with van der Waals surface area (Å²) in [5, 5.41) is 0. The number of rotatable bonds is 2. The molecule has 3 unspecified atom stereocenters. The molecule has 0 bridgehead atoms. The van der Waals surface area contributed by atoms with E-state index in [4.69, 9.17) is 9.47 Å². The fraction of sp³-hybridized carbons (Fsp3) is 0.800. The molecule has 0 amide bonds. The van der Waals surface area contributed by atoms with Gasteiger partial charge in [-0.15, -0.1) is 6.58 Å². The lowest BCUT2D eigenvalue weighted by Gasteiger charge is -2.16. The molecule has 0 aromatic carbocycles. The lowest BCUT2D eigenvalue weighted by atomic mass is 10.1. The molecule has 0 spiro atoms. The maximum absolute atomic E-state index is 5.86. The Morgan fingerprint density at radius 3 is 2.36 bits per heavy atom. The van der Waals surface area contributed by atoms with Crippen molar-refractivity contribution in [3.8, 4) is 0 Å². The van der Waals surface area contributed by atoms with E-state index in [9.17, 15) is 0 Å². The normalized spacial score (nSPS) is 43.6. The smallest absolute Gasteiger partial charge is 0.164 e. The van der Waals surface area contributed by atoms with Crippen LogP contribution in [0.15, 0.2) is 12.7 Å². The summed E-state index contributed by atoms with van der Waals surface area (Å²) >= 11 is 7.21. The summed E-state index contributed by atoms with van der Waals surface area (Å²) in [6.45, 7) is 7.66. The number of halogens is 2. The summed E-state index contributed by atoms with van der Waals surface area (Å²) in [4.78, 5) is 0. The molecule has 0 N–H and O–H groups in total. The van der Waals surface area contributed by atoms with Crippen molar-refractivity contribution >= 4 is 31.9 Å². The number of hydrogen-bond acceptors (Lipinski definition) is 2. The van der Waals surface area contributed by atoms with E-state index < -0.39 is 5.79 Å². The largest absolute Gasteiger partial charge is 0.344 e. The zero-order valence-electron chi connectivity index (χ0n) is 8.30. The predicted molar refractivity (Wildman–Crippen MR) is 62.7 cm³/mol. The molecule has 4 heteroatoms. The van der Waals surface area contributed by atoms with Crippen LogP contribution in [0.3, 0.4) is 0 Å². The van der Waals surface area contributed by atoms with Crippen LogP contribution in [0, 0.1) is 5.92 Å². The van der Waals surface area contributed by atoms with Crippen LogP contribution < -0.4 is 0 Å². The molecule has 1 saturated carbocycles. The van der Waals surface area contributed by atoms with Crippen LogP contribution in [0.5, 0.6) is 0 Å². The van der Waals surface area contributed by atoms with Gasteiger partial charge in [0.15, 0.2) is 5.79 Å². The van der Waals surface area contributed by atoms with Crippen LogP contribution in [0.25, 0.3) is 0 Å². The summed E-state index contributed by atoms with van der Waals surface area (Å²) in [7, 11) is 0. The lowest BCUT2D eigenvalue weighted by molar-refractivity contribution is -0.144. The third-order valence-electron chi connectivity index (χ3n) is 2.67. The third kappa shape index (κ3) is 1.94. The van der Waals surface area contributed by atoms with Gasteiger partial charge in [-0.1, -0.05) is 37.9 Å². The van der Waals surface area contributed by atoms with Crippen molar-refractivity contribution in [3.05, 3.63) is 12.7 Å². The van der Waals surface area contributed by atoms with Gasteiger partial charge in [0, 0.05) is 5.92 Å². The second kappa shape index (κ2) is 3.30. The maximum Gasteiger partial charge on any atom is 0.164 e. The summed E-state index contributed by atoms with van der Waals surface area (Å²) in [6.07, 6.45) is 3.02. The van der Waals surface area contributed by atoms with Crippen LogP contribution >= 0.6 is 31.9 Å². The highest BCUT2D eigenvalue weighted by Gasteiger charge is 2.60. The minimum absolute atomic E-state index is 0.00646. The number of ether oxygens (including phenoxy) is 2. The predicted octanol–water partition coefficient (Wildman–Crippen LogP) is 3.20. The Kier molecular flexibility index (Phi) is 2.62. The van der Waals surface area contributed by atoms with E-state index in [1.165, 1.54) is 0 Å². The maximum atomic E-state index is 5.86. The number of alkyl halides is 2. The van der Waals surface area contributed by atoms with Gasteiger partial charge in [0.1, 0.15) is 6.10 Å². The monoisotopic (exact) mass is 324 g/mol. The van der Waals surface area contributed by atoms with Crippen molar-refractivity contribution in [2.45, 2.75) is 41.5 Å². The van der Waals surface area contributed by atoms with E-state index in [0.717, 1.165) is 6.42 Å². The zero-order valence-corrected chi connectivity index (χ0v) is 11.5. The Morgan fingerprint density at radius 2 is 1.93 bits per heavy atom. The molecule has 0 aromatic rings. The zero-order chi connectivity index (χ0) is 10.6. The van der Waals surface area contributed by atoms with Crippen molar-refractivity contribution in [3.63, 3.8) is 0 Å². The van der Waals surface area contributed by atoms with E-state index in [1.807, 2.05) is 19.9 Å². The standard InChI is InChI=1S/C10H14Br2O2/c1-4-7-8(6-5-10(6,11)12)14-9(2,3)13-7/h4,6-8H,1,5H2,2-3H3. The first-order valence-corrected chi connectivity index (χ1v) is 6.30. The third-order valence-corrected chi connectivity index (χ3v) is 4.49. The van der Waals surface area contributed by atoms with Crippen molar-refractivity contribution in [2.24, 2.45) is 5.92 Å². The molecule has 1 aliphatic heterocycles. The SMILES string of the molecule is C=CC1OC(C)(C)OC1C1CC1(Br)Br. The van der Waals surface area contributed by atoms with Gasteiger partial charge in [-0.05, 0) is 20.3 Å². The second-order valence-electron chi connectivity index (χ2n) is 4.37.